The van der Waals surface area contributed by atoms with E-state index in [4.69, 9.17) is 0 Å². The highest BCUT2D eigenvalue weighted by Gasteiger charge is 2.30. The molecule has 192 valence electrons. The molecular formula is C26H29F3N4O2S. The second kappa shape index (κ2) is 10.4. The molecule has 3 aromatic rings. The van der Waals surface area contributed by atoms with Crippen molar-refractivity contribution in [1.82, 2.24) is 9.88 Å². The molecule has 1 aromatic heterocycles. The van der Waals surface area contributed by atoms with Gasteiger partial charge >= 0.3 is 6.18 Å². The molecule has 0 saturated carbocycles. The van der Waals surface area contributed by atoms with Crippen molar-refractivity contribution >= 4 is 32.1 Å². The Bertz CT molecular complexity index is 1400. The van der Waals surface area contributed by atoms with Crippen LogP contribution < -0.4 is 16.0 Å². The van der Waals surface area contributed by atoms with E-state index >= 15 is 0 Å². The van der Waals surface area contributed by atoms with Gasteiger partial charge in [0.2, 0.25) is 0 Å². The van der Waals surface area contributed by atoms with Crippen LogP contribution in [0.25, 0.3) is 10.9 Å². The Kier molecular flexibility index (Phi) is 7.52. The van der Waals surface area contributed by atoms with Gasteiger partial charge in [0.15, 0.2) is 9.84 Å². The van der Waals surface area contributed by atoms with Gasteiger partial charge in [0, 0.05) is 29.1 Å². The van der Waals surface area contributed by atoms with E-state index in [2.05, 4.69) is 27.8 Å². The van der Waals surface area contributed by atoms with Crippen LogP contribution in [0.5, 0.6) is 0 Å². The van der Waals surface area contributed by atoms with Crippen LogP contribution in [0.15, 0.2) is 47.4 Å². The number of hydrogen-bond donors (Lipinski definition) is 3. The number of fused-ring (bicyclic) bond motifs is 1. The Morgan fingerprint density at radius 1 is 1.11 bits per heavy atom. The summed E-state index contributed by atoms with van der Waals surface area (Å²) < 4.78 is 64.8. The van der Waals surface area contributed by atoms with Crippen molar-refractivity contribution in [3.8, 4) is 11.8 Å². The molecule has 0 spiro atoms. The van der Waals surface area contributed by atoms with Crippen molar-refractivity contribution in [3.63, 3.8) is 0 Å². The van der Waals surface area contributed by atoms with Gasteiger partial charge in [-0.05, 0) is 80.7 Å². The van der Waals surface area contributed by atoms with Crippen molar-refractivity contribution in [2.75, 3.05) is 36.5 Å². The van der Waals surface area contributed by atoms with Crippen LogP contribution in [0.3, 0.4) is 0 Å². The van der Waals surface area contributed by atoms with Crippen molar-refractivity contribution in [2.45, 2.75) is 43.4 Å². The van der Waals surface area contributed by atoms with Crippen LogP contribution in [0, 0.1) is 18.8 Å². The maximum atomic E-state index is 13.5. The number of piperidine rings is 1. The van der Waals surface area contributed by atoms with E-state index in [1.807, 2.05) is 13.0 Å². The fraction of sp³-hybridized carbons (Fsp3) is 0.385. The summed E-state index contributed by atoms with van der Waals surface area (Å²) in [6.07, 6.45) is -1.36. The third-order valence-electron chi connectivity index (χ3n) is 6.20. The van der Waals surface area contributed by atoms with E-state index in [-0.39, 0.29) is 23.2 Å². The zero-order valence-electron chi connectivity index (χ0n) is 20.2. The number of sulfone groups is 1. The van der Waals surface area contributed by atoms with E-state index in [0.29, 0.717) is 11.2 Å². The summed E-state index contributed by atoms with van der Waals surface area (Å²) in [5, 5.41) is 10.7. The third-order valence-corrected chi connectivity index (χ3v) is 7.33. The molecule has 0 unspecified atom stereocenters. The van der Waals surface area contributed by atoms with Crippen LogP contribution in [0.1, 0.15) is 24.1 Å². The summed E-state index contributed by atoms with van der Waals surface area (Å²) in [6, 6.07) is 11.8. The molecule has 3 N–H and O–H groups in total. The minimum absolute atomic E-state index is 0.185. The Balaban J connectivity index is 1.61. The van der Waals surface area contributed by atoms with Gasteiger partial charge in [-0.15, -0.1) is 0 Å². The van der Waals surface area contributed by atoms with Gasteiger partial charge in [-0.25, -0.2) is 8.42 Å². The highest BCUT2D eigenvalue weighted by atomic mass is 32.2. The van der Waals surface area contributed by atoms with Crippen LogP contribution in [0.4, 0.5) is 24.5 Å². The van der Waals surface area contributed by atoms with Crippen LogP contribution in [-0.2, 0) is 16.4 Å². The molecular weight excluding hydrogens is 489 g/mol. The molecule has 0 amide bonds. The fourth-order valence-electron chi connectivity index (χ4n) is 4.36. The number of nitrogens with one attached hydrogen (secondary N) is 3. The summed E-state index contributed by atoms with van der Waals surface area (Å²) in [4.78, 5) is 0.208. The van der Waals surface area contributed by atoms with E-state index < -0.39 is 22.6 Å². The van der Waals surface area contributed by atoms with E-state index in [1.165, 1.54) is 16.7 Å². The first-order valence-corrected chi connectivity index (χ1v) is 13.6. The monoisotopic (exact) mass is 518 g/mol. The molecule has 1 aliphatic rings. The van der Waals surface area contributed by atoms with Gasteiger partial charge in [-0.2, -0.15) is 13.2 Å². The Labute approximate surface area is 209 Å². The summed E-state index contributed by atoms with van der Waals surface area (Å²) in [6.45, 7) is 2.82. The molecule has 10 heteroatoms. The van der Waals surface area contributed by atoms with Crippen molar-refractivity contribution in [3.05, 3.63) is 53.7 Å². The molecule has 2 aromatic carbocycles. The lowest BCUT2D eigenvalue weighted by Crippen LogP contribution is -2.35. The number of benzene rings is 2. The average molecular weight is 519 g/mol. The Morgan fingerprint density at radius 2 is 1.81 bits per heavy atom. The predicted octanol–water partition coefficient (Wildman–Crippen LogP) is 4.54. The lowest BCUT2D eigenvalue weighted by molar-refractivity contribution is -0.140. The maximum Gasteiger partial charge on any atom is 0.406 e. The molecule has 4 rings (SSSR count). The zero-order valence-corrected chi connectivity index (χ0v) is 21.0. The molecule has 1 saturated heterocycles. The van der Waals surface area contributed by atoms with Gasteiger partial charge in [-0.3, -0.25) is 0 Å². The minimum atomic E-state index is -4.39. The van der Waals surface area contributed by atoms with Gasteiger partial charge < -0.3 is 20.5 Å². The van der Waals surface area contributed by atoms with Crippen LogP contribution in [-0.4, -0.2) is 51.1 Å². The van der Waals surface area contributed by atoms with Crippen molar-refractivity contribution < 1.29 is 21.6 Å². The highest BCUT2D eigenvalue weighted by Crippen LogP contribution is 2.33. The number of rotatable bonds is 6. The quantitative estimate of drug-likeness (QED) is 0.418. The first-order valence-electron chi connectivity index (χ1n) is 11.7. The molecule has 0 radical (unpaired) electrons. The van der Waals surface area contributed by atoms with E-state index in [0.717, 1.165) is 48.8 Å². The standard InChI is InChI=1S/C26H29F3N4O2S/c1-18-5-10-24-23(25(18)32-20-11-14-30-15-12-20)16-21(33(24)17-26(27,28)29)4-3-13-31-19-6-8-22(9-7-19)36(2,34)35/h5-10,16,20,30-32H,11-15,17H2,1-2H3. The second-order valence-electron chi connectivity index (χ2n) is 9.04. The molecule has 2 heterocycles. The van der Waals surface area contributed by atoms with Crippen molar-refractivity contribution in [2.24, 2.45) is 0 Å². The number of anilines is 2. The summed E-state index contributed by atoms with van der Waals surface area (Å²) in [7, 11) is -3.29. The molecule has 0 aliphatic carbocycles. The Morgan fingerprint density at radius 3 is 2.44 bits per heavy atom. The molecule has 1 fully saturated rings. The largest absolute Gasteiger partial charge is 0.406 e. The zero-order chi connectivity index (χ0) is 25.9. The molecule has 6 nitrogen and oxygen atoms in total. The van der Waals surface area contributed by atoms with Gasteiger partial charge in [0.25, 0.3) is 0 Å². The lowest BCUT2D eigenvalue weighted by Gasteiger charge is -2.26. The average Bonchev–Trinajstić information content (AvgIpc) is 3.15. The maximum absolute atomic E-state index is 13.5. The van der Waals surface area contributed by atoms with E-state index in [1.54, 1.807) is 24.3 Å². The van der Waals surface area contributed by atoms with Crippen molar-refractivity contribution in [1.29, 1.82) is 0 Å². The van der Waals surface area contributed by atoms with Gasteiger partial charge in [0.1, 0.15) is 6.54 Å². The molecule has 0 atom stereocenters. The first kappa shape index (κ1) is 25.9. The first-order chi connectivity index (χ1) is 17.0. The summed E-state index contributed by atoms with van der Waals surface area (Å²) >= 11 is 0. The number of nitrogens with zero attached hydrogens (tertiary/aromatic N) is 1. The summed E-state index contributed by atoms with van der Waals surface area (Å²) in [5.41, 5.74) is 3.27. The predicted molar refractivity (Wildman–Crippen MR) is 137 cm³/mol. The third kappa shape index (κ3) is 6.33. The number of halogens is 3. The number of aryl methyl sites for hydroxylation is 1. The second-order valence-corrected chi connectivity index (χ2v) is 11.1. The Hall–Kier alpha value is -3.16. The molecule has 1 aliphatic heterocycles. The summed E-state index contributed by atoms with van der Waals surface area (Å²) in [5.74, 6) is 5.80. The normalized spacial score (nSPS) is 14.9. The molecule has 0 bridgehead atoms. The lowest BCUT2D eigenvalue weighted by atomic mass is 10.0. The smallest absolute Gasteiger partial charge is 0.381 e. The van der Waals surface area contributed by atoms with E-state index in [9.17, 15) is 21.6 Å². The van der Waals surface area contributed by atoms with Crippen LogP contribution in [0.2, 0.25) is 0 Å². The topological polar surface area (TPSA) is 75.2 Å². The highest BCUT2D eigenvalue weighted by molar-refractivity contribution is 7.90. The molecule has 36 heavy (non-hydrogen) atoms. The number of aromatic nitrogens is 1. The number of hydrogen-bond acceptors (Lipinski definition) is 5. The van der Waals surface area contributed by atoms with Gasteiger partial charge in [-0.1, -0.05) is 12.0 Å². The fourth-order valence-corrected chi connectivity index (χ4v) is 4.99. The number of alkyl halides is 3. The SMILES string of the molecule is Cc1ccc2c(cc(C#CCNc3ccc(S(C)(=O)=O)cc3)n2CC(F)(F)F)c1NC1CCNCC1. The van der Waals surface area contributed by atoms with Gasteiger partial charge in [0.05, 0.1) is 22.7 Å². The minimum Gasteiger partial charge on any atom is -0.381 e. The van der Waals surface area contributed by atoms with Crippen LogP contribution >= 0.6 is 0 Å².